The van der Waals surface area contributed by atoms with Crippen LogP contribution in [0.25, 0.3) is 0 Å². The first-order valence-electron chi connectivity index (χ1n) is 9.79. The third-order valence-electron chi connectivity index (χ3n) is 4.54. The molecular weight excluding hydrogens is 421 g/mol. The molecule has 0 bridgehead atoms. The van der Waals surface area contributed by atoms with Gasteiger partial charge in [-0.3, -0.25) is 14.8 Å². The number of aromatic nitrogens is 6. The Morgan fingerprint density at radius 1 is 1.22 bits per heavy atom. The van der Waals surface area contributed by atoms with Crippen LogP contribution >= 0.6 is 0 Å². The third kappa shape index (κ3) is 4.94. The minimum absolute atomic E-state index is 0.0388. The van der Waals surface area contributed by atoms with Gasteiger partial charge in [0.1, 0.15) is 18.7 Å². The summed E-state index contributed by atoms with van der Waals surface area (Å²) in [6.07, 6.45) is 8.46. The number of rotatable bonds is 8. The maximum absolute atomic E-state index is 12.6. The van der Waals surface area contributed by atoms with E-state index in [0.29, 0.717) is 5.69 Å². The molecule has 0 aliphatic heterocycles. The average molecular weight is 441 g/mol. The van der Waals surface area contributed by atoms with Crippen LogP contribution in [-0.4, -0.2) is 54.9 Å². The van der Waals surface area contributed by atoms with Gasteiger partial charge in [-0.1, -0.05) is 0 Å². The molecule has 166 valence electrons. The molecule has 3 aromatic heterocycles. The van der Waals surface area contributed by atoms with Crippen LogP contribution in [0.4, 0.5) is 26.4 Å². The highest BCUT2D eigenvalue weighted by atomic mass is 19.1. The summed E-state index contributed by atoms with van der Waals surface area (Å²) < 4.78 is 19.1. The number of carbonyl (C=O) groups is 2. The maximum atomic E-state index is 12.6. The zero-order chi connectivity index (χ0) is 22.5. The lowest BCUT2D eigenvalue weighted by Gasteiger charge is -2.12. The fourth-order valence-electron chi connectivity index (χ4n) is 2.88. The number of nitrogens with one attached hydrogen (secondary N) is 3. The van der Waals surface area contributed by atoms with E-state index in [2.05, 4.69) is 41.0 Å². The fraction of sp³-hybridized carbons (Fsp3) is 0.316. The molecule has 3 N–H and O–H groups in total. The maximum Gasteiger partial charge on any atom is 0.418 e. The van der Waals surface area contributed by atoms with Crippen molar-refractivity contribution in [3.8, 4) is 5.88 Å². The van der Waals surface area contributed by atoms with Gasteiger partial charge in [-0.25, -0.2) is 29.1 Å². The molecule has 32 heavy (non-hydrogen) atoms. The molecule has 1 saturated carbocycles. The quantitative estimate of drug-likeness (QED) is 0.477. The predicted octanol–water partition coefficient (Wildman–Crippen LogP) is 1.93. The highest BCUT2D eigenvalue weighted by Crippen LogP contribution is 2.40. The van der Waals surface area contributed by atoms with Crippen LogP contribution in [0.2, 0.25) is 0 Å². The Morgan fingerprint density at radius 3 is 2.72 bits per heavy atom. The average Bonchev–Trinajstić information content (AvgIpc) is 3.57. The van der Waals surface area contributed by atoms with E-state index < -0.39 is 18.7 Å². The second-order valence-corrected chi connectivity index (χ2v) is 6.96. The molecule has 0 unspecified atom stereocenters. The van der Waals surface area contributed by atoms with Crippen molar-refractivity contribution < 1.29 is 18.7 Å². The van der Waals surface area contributed by atoms with Gasteiger partial charge in [-0.05, 0) is 12.8 Å². The second kappa shape index (κ2) is 9.32. The molecule has 0 spiro atoms. The Labute approximate surface area is 181 Å². The summed E-state index contributed by atoms with van der Waals surface area (Å²) in [6, 6.07) is 0. The summed E-state index contributed by atoms with van der Waals surface area (Å²) in [6.45, 7) is -0.873. The van der Waals surface area contributed by atoms with E-state index in [1.54, 1.807) is 6.20 Å². The molecule has 12 nitrogen and oxygen atoms in total. The molecule has 0 aromatic carbocycles. The van der Waals surface area contributed by atoms with Crippen LogP contribution in [0.1, 0.15) is 34.9 Å². The number of halogens is 1. The number of carbonyl (C=O) groups excluding carboxylic acids is 2. The molecule has 1 aliphatic rings. The second-order valence-electron chi connectivity index (χ2n) is 6.96. The highest BCUT2D eigenvalue weighted by molar-refractivity contribution is 6.01. The smallest absolute Gasteiger partial charge is 0.387 e. The molecule has 0 atom stereocenters. The summed E-state index contributed by atoms with van der Waals surface area (Å²) in [5, 5.41) is 11.8. The molecule has 3 aromatic rings. The van der Waals surface area contributed by atoms with Crippen molar-refractivity contribution in [1.29, 1.82) is 0 Å². The summed E-state index contributed by atoms with van der Waals surface area (Å²) >= 11 is 0. The SMILES string of the molecule is Cn1ncc(NC(=O)Oc2nc(C3CC3)cnc2Nc2cncnc2)c1C(=O)NCCF. The number of nitrogens with zero attached hydrogens (tertiary/aromatic N) is 6. The van der Waals surface area contributed by atoms with E-state index in [1.807, 2.05) is 0 Å². The molecule has 1 fully saturated rings. The number of hydrogen-bond donors (Lipinski definition) is 3. The van der Waals surface area contributed by atoms with Crippen LogP contribution in [-0.2, 0) is 7.05 Å². The molecule has 1 aliphatic carbocycles. The van der Waals surface area contributed by atoms with Crippen molar-refractivity contribution in [2.75, 3.05) is 23.9 Å². The number of ether oxygens (including phenoxy) is 1. The molecule has 0 radical (unpaired) electrons. The van der Waals surface area contributed by atoms with E-state index in [1.165, 1.54) is 36.6 Å². The first-order chi connectivity index (χ1) is 15.5. The van der Waals surface area contributed by atoms with Gasteiger partial charge in [0.2, 0.25) is 0 Å². The van der Waals surface area contributed by atoms with Gasteiger partial charge in [0.05, 0.1) is 41.9 Å². The van der Waals surface area contributed by atoms with Gasteiger partial charge in [-0.15, -0.1) is 0 Å². The van der Waals surface area contributed by atoms with E-state index in [4.69, 9.17) is 4.74 Å². The van der Waals surface area contributed by atoms with Crippen LogP contribution < -0.4 is 20.7 Å². The zero-order valence-corrected chi connectivity index (χ0v) is 17.1. The lowest BCUT2D eigenvalue weighted by atomic mass is 10.3. The van der Waals surface area contributed by atoms with Gasteiger partial charge < -0.3 is 15.4 Å². The number of aryl methyl sites for hydroxylation is 1. The van der Waals surface area contributed by atoms with E-state index >= 15 is 0 Å². The summed E-state index contributed by atoms with van der Waals surface area (Å²) in [4.78, 5) is 41.4. The van der Waals surface area contributed by atoms with Gasteiger partial charge >= 0.3 is 6.09 Å². The standard InChI is InChI=1S/C19H20FN9O3/c1-29-15(17(30)23-5-4-20)14(9-25-29)28-19(31)32-18-16(26-12-6-21-10-22-7-12)24-8-13(27-18)11-2-3-11/h6-11H,2-5H2,1H3,(H,23,30)(H,24,26)(H,28,31). The Bertz CT molecular complexity index is 1120. The van der Waals surface area contributed by atoms with Gasteiger partial charge in [0.15, 0.2) is 5.82 Å². The van der Waals surface area contributed by atoms with Gasteiger partial charge in [-0.2, -0.15) is 5.10 Å². The number of hydrogen-bond acceptors (Lipinski definition) is 9. The number of anilines is 3. The van der Waals surface area contributed by atoms with Crippen LogP contribution in [0.3, 0.4) is 0 Å². The van der Waals surface area contributed by atoms with Crippen molar-refractivity contribution in [2.45, 2.75) is 18.8 Å². The molecular formula is C19H20FN9O3. The van der Waals surface area contributed by atoms with E-state index in [0.717, 1.165) is 18.5 Å². The molecule has 4 rings (SSSR count). The molecule has 13 heteroatoms. The number of alkyl halides is 1. The Balaban J connectivity index is 1.53. The minimum Gasteiger partial charge on any atom is -0.387 e. The highest BCUT2D eigenvalue weighted by Gasteiger charge is 2.27. The first-order valence-corrected chi connectivity index (χ1v) is 9.79. The predicted molar refractivity (Wildman–Crippen MR) is 110 cm³/mol. The first kappa shape index (κ1) is 21.1. The number of amides is 2. The lowest BCUT2D eigenvalue weighted by Crippen LogP contribution is -2.29. The molecule has 3 heterocycles. The zero-order valence-electron chi connectivity index (χ0n) is 17.1. The van der Waals surface area contributed by atoms with E-state index in [-0.39, 0.29) is 35.5 Å². The summed E-state index contributed by atoms with van der Waals surface area (Å²) in [5.74, 6) is -0.138. The molecule has 0 saturated heterocycles. The molecule has 2 amide bonds. The summed E-state index contributed by atoms with van der Waals surface area (Å²) in [7, 11) is 1.52. The minimum atomic E-state index is -0.896. The van der Waals surface area contributed by atoms with E-state index in [9.17, 15) is 14.0 Å². The van der Waals surface area contributed by atoms with Gasteiger partial charge in [0.25, 0.3) is 11.8 Å². The van der Waals surface area contributed by atoms with Crippen molar-refractivity contribution >= 4 is 29.2 Å². The Kier molecular flexibility index (Phi) is 6.14. The topological polar surface area (TPSA) is 149 Å². The lowest BCUT2D eigenvalue weighted by molar-refractivity contribution is 0.0942. The van der Waals surface area contributed by atoms with Crippen LogP contribution in [0, 0.1) is 0 Å². The van der Waals surface area contributed by atoms with Crippen molar-refractivity contribution in [2.24, 2.45) is 7.05 Å². The Hall–Kier alpha value is -4.16. The van der Waals surface area contributed by atoms with Gasteiger partial charge in [0, 0.05) is 19.5 Å². The van der Waals surface area contributed by atoms with Crippen LogP contribution in [0.5, 0.6) is 5.88 Å². The monoisotopic (exact) mass is 441 g/mol. The van der Waals surface area contributed by atoms with Crippen molar-refractivity contribution in [3.05, 3.63) is 42.5 Å². The van der Waals surface area contributed by atoms with Crippen molar-refractivity contribution in [3.63, 3.8) is 0 Å². The third-order valence-corrected chi connectivity index (χ3v) is 4.54. The largest absolute Gasteiger partial charge is 0.418 e. The summed E-state index contributed by atoms with van der Waals surface area (Å²) in [5.41, 5.74) is 1.40. The Morgan fingerprint density at radius 2 is 2.00 bits per heavy atom. The fourth-order valence-corrected chi connectivity index (χ4v) is 2.88. The van der Waals surface area contributed by atoms with Crippen LogP contribution in [0.15, 0.2) is 31.1 Å². The normalized spacial score (nSPS) is 12.8. The van der Waals surface area contributed by atoms with Crippen molar-refractivity contribution in [1.82, 2.24) is 35.0 Å².